The van der Waals surface area contributed by atoms with E-state index in [2.05, 4.69) is 10.9 Å². The lowest BCUT2D eigenvalue weighted by Gasteiger charge is -2.10. The highest BCUT2D eigenvalue weighted by Gasteiger charge is 2.11. The Morgan fingerprint density at radius 1 is 0.957 bits per heavy atom. The Hall–Kier alpha value is -2.82. The minimum atomic E-state index is -0.383. The van der Waals surface area contributed by atoms with E-state index in [0.717, 1.165) is 11.1 Å². The fourth-order valence-corrected chi connectivity index (χ4v) is 2.19. The second-order valence-electron chi connectivity index (χ2n) is 5.18. The van der Waals surface area contributed by atoms with Gasteiger partial charge < -0.3 is 4.74 Å². The topological polar surface area (TPSA) is 67.4 Å². The van der Waals surface area contributed by atoms with E-state index < -0.39 is 0 Å². The van der Waals surface area contributed by atoms with E-state index in [1.54, 1.807) is 30.3 Å². The molecule has 0 atom stereocenters. The molecule has 2 N–H and O–H groups in total. The zero-order valence-corrected chi connectivity index (χ0v) is 13.5. The minimum Gasteiger partial charge on any atom is -0.494 e. The predicted molar refractivity (Wildman–Crippen MR) is 88.5 cm³/mol. The molecule has 0 aromatic heterocycles. The summed E-state index contributed by atoms with van der Waals surface area (Å²) in [6.07, 6.45) is 0. The number of hydrazine groups is 1. The fourth-order valence-electron chi connectivity index (χ4n) is 2.19. The number of carbonyl (C=O) groups is 2. The number of aryl methyl sites for hydroxylation is 2. The number of benzene rings is 2. The third kappa shape index (κ3) is 4.32. The minimum absolute atomic E-state index is 0.346. The van der Waals surface area contributed by atoms with Gasteiger partial charge in [0.2, 0.25) is 0 Å². The van der Waals surface area contributed by atoms with Crippen LogP contribution in [-0.2, 0) is 0 Å². The van der Waals surface area contributed by atoms with Crippen molar-refractivity contribution in [3.63, 3.8) is 0 Å². The van der Waals surface area contributed by atoms with Crippen molar-refractivity contribution in [3.05, 3.63) is 64.7 Å². The molecule has 23 heavy (non-hydrogen) atoms. The van der Waals surface area contributed by atoms with Crippen LogP contribution in [0.4, 0.5) is 0 Å². The maximum Gasteiger partial charge on any atom is 0.269 e. The van der Waals surface area contributed by atoms with Crippen LogP contribution in [0.5, 0.6) is 5.75 Å². The first kappa shape index (κ1) is 16.5. The number of nitrogens with one attached hydrogen (secondary N) is 2. The van der Waals surface area contributed by atoms with Crippen molar-refractivity contribution in [2.24, 2.45) is 0 Å². The van der Waals surface area contributed by atoms with Crippen LogP contribution in [0, 0.1) is 13.8 Å². The second-order valence-corrected chi connectivity index (χ2v) is 5.18. The average molecular weight is 312 g/mol. The van der Waals surface area contributed by atoms with Crippen molar-refractivity contribution in [1.29, 1.82) is 0 Å². The lowest BCUT2D eigenvalue weighted by atomic mass is 10.1. The monoisotopic (exact) mass is 312 g/mol. The van der Waals surface area contributed by atoms with Gasteiger partial charge in [-0.25, -0.2) is 0 Å². The highest BCUT2D eigenvalue weighted by molar-refractivity contribution is 5.99. The van der Waals surface area contributed by atoms with Crippen LogP contribution in [0.3, 0.4) is 0 Å². The van der Waals surface area contributed by atoms with Crippen molar-refractivity contribution in [2.75, 3.05) is 6.61 Å². The highest BCUT2D eigenvalue weighted by atomic mass is 16.5. The number of amides is 2. The standard InChI is InChI=1S/C18H20N2O3/c1-4-23-15-8-6-14(7-9-15)17(21)19-20-18(22)16-10-5-12(2)11-13(16)3/h5-11H,4H2,1-3H3,(H,19,21)(H,20,22). The molecular weight excluding hydrogens is 292 g/mol. The van der Waals surface area contributed by atoms with Gasteiger partial charge in [0.25, 0.3) is 11.8 Å². The Morgan fingerprint density at radius 2 is 1.61 bits per heavy atom. The number of carbonyl (C=O) groups excluding carboxylic acids is 2. The summed E-state index contributed by atoms with van der Waals surface area (Å²) in [5.74, 6) is -0.0312. The zero-order valence-electron chi connectivity index (χ0n) is 13.5. The zero-order chi connectivity index (χ0) is 16.8. The molecule has 0 radical (unpaired) electrons. The highest BCUT2D eigenvalue weighted by Crippen LogP contribution is 2.12. The molecule has 0 spiro atoms. The molecule has 0 bridgehead atoms. The number of rotatable bonds is 4. The third-order valence-electron chi connectivity index (χ3n) is 3.34. The van der Waals surface area contributed by atoms with Gasteiger partial charge in [-0.2, -0.15) is 0 Å². The van der Waals surface area contributed by atoms with Crippen molar-refractivity contribution in [3.8, 4) is 5.75 Å². The molecule has 5 heteroatoms. The summed E-state index contributed by atoms with van der Waals surface area (Å²) in [5, 5.41) is 0. The van der Waals surface area contributed by atoms with Gasteiger partial charge in [0, 0.05) is 11.1 Å². The molecule has 0 aliphatic rings. The van der Waals surface area contributed by atoms with Gasteiger partial charge >= 0.3 is 0 Å². The molecule has 0 heterocycles. The van der Waals surface area contributed by atoms with Gasteiger partial charge in [-0.3, -0.25) is 20.4 Å². The molecule has 0 saturated carbocycles. The van der Waals surface area contributed by atoms with E-state index in [9.17, 15) is 9.59 Å². The first-order valence-corrected chi connectivity index (χ1v) is 7.42. The van der Waals surface area contributed by atoms with Gasteiger partial charge in [0.15, 0.2) is 0 Å². The van der Waals surface area contributed by atoms with Gasteiger partial charge in [-0.15, -0.1) is 0 Å². The lowest BCUT2D eigenvalue weighted by molar-refractivity contribution is 0.0846. The molecule has 2 amide bonds. The van der Waals surface area contributed by atoms with Crippen LogP contribution in [0.1, 0.15) is 38.8 Å². The average Bonchev–Trinajstić information content (AvgIpc) is 2.53. The van der Waals surface area contributed by atoms with E-state index in [1.807, 2.05) is 32.9 Å². The van der Waals surface area contributed by atoms with Gasteiger partial charge in [0.1, 0.15) is 5.75 Å². The molecule has 2 aromatic rings. The van der Waals surface area contributed by atoms with E-state index in [-0.39, 0.29) is 11.8 Å². The van der Waals surface area contributed by atoms with Crippen LogP contribution in [0.25, 0.3) is 0 Å². The van der Waals surface area contributed by atoms with Gasteiger partial charge in [-0.1, -0.05) is 17.7 Å². The number of hydrogen-bond acceptors (Lipinski definition) is 3. The molecule has 0 saturated heterocycles. The van der Waals surface area contributed by atoms with Crippen molar-refractivity contribution in [2.45, 2.75) is 20.8 Å². The summed E-state index contributed by atoms with van der Waals surface area (Å²) in [4.78, 5) is 24.1. The second kappa shape index (κ2) is 7.45. The van der Waals surface area contributed by atoms with E-state index in [1.165, 1.54) is 0 Å². The van der Waals surface area contributed by atoms with E-state index in [4.69, 9.17) is 4.74 Å². The predicted octanol–water partition coefficient (Wildman–Crippen LogP) is 2.78. The van der Waals surface area contributed by atoms with Crippen LogP contribution in [0.2, 0.25) is 0 Å². The molecule has 0 unspecified atom stereocenters. The Balaban J connectivity index is 1.96. The summed E-state index contributed by atoms with van der Waals surface area (Å²) in [6, 6.07) is 12.2. The largest absolute Gasteiger partial charge is 0.494 e. The number of hydrogen-bond donors (Lipinski definition) is 2. The van der Waals surface area contributed by atoms with E-state index in [0.29, 0.717) is 23.5 Å². The van der Waals surface area contributed by atoms with Gasteiger partial charge in [0.05, 0.1) is 6.61 Å². The van der Waals surface area contributed by atoms with Crippen LogP contribution < -0.4 is 15.6 Å². The normalized spacial score (nSPS) is 10.0. The van der Waals surface area contributed by atoms with Crippen molar-refractivity contribution < 1.29 is 14.3 Å². The molecule has 2 aromatic carbocycles. The third-order valence-corrected chi connectivity index (χ3v) is 3.34. The summed E-state index contributed by atoms with van der Waals surface area (Å²) in [5.41, 5.74) is 7.75. The Bertz CT molecular complexity index is 709. The van der Waals surface area contributed by atoms with Crippen LogP contribution >= 0.6 is 0 Å². The molecule has 0 aliphatic carbocycles. The van der Waals surface area contributed by atoms with Crippen molar-refractivity contribution >= 4 is 11.8 Å². The summed E-state index contributed by atoms with van der Waals surface area (Å²) in [6.45, 7) is 6.28. The quantitative estimate of drug-likeness (QED) is 0.853. The van der Waals surface area contributed by atoms with E-state index >= 15 is 0 Å². The summed E-state index contributed by atoms with van der Waals surface area (Å²) < 4.78 is 5.32. The van der Waals surface area contributed by atoms with Gasteiger partial charge in [-0.05, 0) is 56.7 Å². The van der Waals surface area contributed by atoms with Crippen LogP contribution in [0.15, 0.2) is 42.5 Å². The lowest BCUT2D eigenvalue weighted by Crippen LogP contribution is -2.41. The van der Waals surface area contributed by atoms with Crippen LogP contribution in [-0.4, -0.2) is 18.4 Å². The first-order valence-electron chi connectivity index (χ1n) is 7.42. The molecule has 5 nitrogen and oxygen atoms in total. The van der Waals surface area contributed by atoms with Crippen molar-refractivity contribution in [1.82, 2.24) is 10.9 Å². The molecule has 120 valence electrons. The molecular formula is C18H20N2O3. The maximum absolute atomic E-state index is 12.1. The Labute approximate surface area is 135 Å². The Kier molecular flexibility index (Phi) is 5.36. The summed E-state index contributed by atoms with van der Waals surface area (Å²) in [7, 11) is 0. The molecule has 2 rings (SSSR count). The maximum atomic E-state index is 12.1. The first-order chi connectivity index (χ1) is 11.0. The molecule has 0 aliphatic heterocycles. The SMILES string of the molecule is CCOc1ccc(C(=O)NNC(=O)c2ccc(C)cc2C)cc1. The number of ether oxygens (including phenoxy) is 1. The Morgan fingerprint density at radius 3 is 2.22 bits per heavy atom. The fraction of sp³-hybridized carbons (Fsp3) is 0.222. The summed E-state index contributed by atoms with van der Waals surface area (Å²) >= 11 is 0. The smallest absolute Gasteiger partial charge is 0.269 e. The molecule has 0 fully saturated rings.